The first-order valence-corrected chi connectivity index (χ1v) is 6.39. The van der Waals surface area contributed by atoms with Gasteiger partial charge in [-0.2, -0.15) is 0 Å². The lowest BCUT2D eigenvalue weighted by Gasteiger charge is -2.36. The van der Waals surface area contributed by atoms with E-state index in [0.29, 0.717) is 13.1 Å². The van der Waals surface area contributed by atoms with E-state index in [1.165, 1.54) is 12.1 Å². The number of carboxylic acid groups (broad SMARTS) is 1. The maximum absolute atomic E-state index is 12.9. The number of carbonyl (C=O) groups is 1. The minimum atomic E-state index is -0.794. The minimum absolute atomic E-state index is 0.0394. The molecule has 2 rings (SSSR count). The Hall–Kier alpha value is -1.46. The normalized spacial score (nSPS) is 24.3. The molecule has 0 aliphatic carbocycles. The molecule has 0 bridgehead atoms. The Bertz CT molecular complexity index is 435. The largest absolute Gasteiger partial charge is 0.481 e. The predicted octanol–water partition coefficient (Wildman–Crippen LogP) is 2.06. The molecule has 5 heteroatoms. The van der Waals surface area contributed by atoms with Crippen molar-refractivity contribution in [2.24, 2.45) is 0 Å². The van der Waals surface area contributed by atoms with Crippen LogP contribution < -0.4 is 0 Å². The number of carboxylic acids is 1. The second-order valence-corrected chi connectivity index (χ2v) is 4.89. The molecule has 1 N–H and O–H groups in total. The van der Waals surface area contributed by atoms with Crippen LogP contribution in [0.25, 0.3) is 0 Å². The summed E-state index contributed by atoms with van der Waals surface area (Å²) in [4.78, 5) is 12.7. The fourth-order valence-electron chi connectivity index (χ4n) is 2.34. The molecule has 0 aromatic heterocycles. The van der Waals surface area contributed by atoms with Crippen molar-refractivity contribution in [2.75, 3.05) is 19.6 Å². The van der Waals surface area contributed by atoms with E-state index in [0.717, 1.165) is 12.1 Å². The molecular formula is C14H18FNO3. The molecule has 1 aromatic rings. The number of benzene rings is 1. The van der Waals surface area contributed by atoms with Crippen LogP contribution in [0.3, 0.4) is 0 Å². The monoisotopic (exact) mass is 267 g/mol. The Balaban J connectivity index is 2.00. The first-order chi connectivity index (χ1) is 9.04. The van der Waals surface area contributed by atoms with Gasteiger partial charge in [-0.1, -0.05) is 12.1 Å². The van der Waals surface area contributed by atoms with Gasteiger partial charge in [0.05, 0.1) is 18.6 Å². The maximum Gasteiger partial charge on any atom is 0.304 e. The number of ether oxygens (including phenoxy) is 1. The molecule has 0 saturated carbocycles. The molecule has 4 nitrogen and oxygen atoms in total. The van der Waals surface area contributed by atoms with E-state index in [1.807, 2.05) is 6.92 Å². The minimum Gasteiger partial charge on any atom is -0.481 e. The quantitative estimate of drug-likeness (QED) is 0.907. The zero-order chi connectivity index (χ0) is 13.8. The van der Waals surface area contributed by atoms with E-state index in [2.05, 4.69) is 4.90 Å². The van der Waals surface area contributed by atoms with Gasteiger partial charge in [0.1, 0.15) is 5.82 Å². The van der Waals surface area contributed by atoms with Gasteiger partial charge in [-0.05, 0) is 24.6 Å². The molecule has 1 aromatic carbocycles. The molecule has 1 fully saturated rings. The van der Waals surface area contributed by atoms with E-state index in [4.69, 9.17) is 9.84 Å². The average molecular weight is 267 g/mol. The fourth-order valence-corrected chi connectivity index (χ4v) is 2.34. The van der Waals surface area contributed by atoms with Crippen LogP contribution in [0.5, 0.6) is 0 Å². The van der Waals surface area contributed by atoms with Crippen LogP contribution in [-0.4, -0.2) is 41.7 Å². The third-order valence-corrected chi connectivity index (χ3v) is 3.22. The molecule has 1 aliphatic rings. The van der Waals surface area contributed by atoms with Crippen molar-refractivity contribution in [1.82, 2.24) is 4.90 Å². The fraction of sp³-hybridized carbons (Fsp3) is 0.500. The highest BCUT2D eigenvalue weighted by Crippen LogP contribution is 2.25. The van der Waals surface area contributed by atoms with Crippen molar-refractivity contribution >= 4 is 5.97 Å². The van der Waals surface area contributed by atoms with Crippen molar-refractivity contribution in [3.05, 3.63) is 35.6 Å². The van der Waals surface area contributed by atoms with E-state index < -0.39 is 5.97 Å². The van der Waals surface area contributed by atoms with Crippen LogP contribution in [0.2, 0.25) is 0 Å². The van der Waals surface area contributed by atoms with Crippen LogP contribution in [0.4, 0.5) is 4.39 Å². The Morgan fingerprint density at radius 2 is 2.11 bits per heavy atom. The molecule has 0 radical (unpaired) electrons. The summed E-state index contributed by atoms with van der Waals surface area (Å²) in [6.45, 7) is 3.85. The van der Waals surface area contributed by atoms with Crippen LogP contribution >= 0.6 is 0 Å². The maximum atomic E-state index is 12.9. The van der Waals surface area contributed by atoms with Gasteiger partial charge in [0.2, 0.25) is 0 Å². The van der Waals surface area contributed by atoms with Crippen molar-refractivity contribution < 1.29 is 19.0 Å². The summed E-state index contributed by atoms with van der Waals surface area (Å²) in [5, 5.41) is 8.72. The topological polar surface area (TPSA) is 49.8 Å². The molecule has 19 heavy (non-hydrogen) atoms. The molecular weight excluding hydrogens is 249 g/mol. The predicted molar refractivity (Wildman–Crippen MR) is 68.4 cm³/mol. The molecule has 2 atom stereocenters. The summed E-state index contributed by atoms with van der Waals surface area (Å²) in [6, 6.07) is 6.26. The number of hydrogen-bond donors (Lipinski definition) is 1. The highest BCUT2D eigenvalue weighted by atomic mass is 19.1. The first kappa shape index (κ1) is 14.0. The van der Waals surface area contributed by atoms with Gasteiger partial charge in [0.15, 0.2) is 0 Å². The van der Waals surface area contributed by atoms with Gasteiger partial charge in [0.25, 0.3) is 0 Å². The van der Waals surface area contributed by atoms with Crippen molar-refractivity contribution in [3.63, 3.8) is 0 Å². The van der Waals surface area contributed by atoms with Gasteiger partial charge < -0.3 is 9.84 Å². The number of morpholine rings is 1. The molecule has 104 valence electrons. The summed E-state index contributed by atoms with van der Waals surface area (Å²) >= 11 is 0. The summed E-state index contributed by atoms with van der Waals surface area (Å²) in [7, 11) is 0. The Morgan fingerprint density at radius 3 is 2.74 bits per heavy atom. The standard InChI is InChI=1S/C14H18FNO3/c1-10-8-16(7-6-14(17)18)9-13(19-10)11-2-4-12(15)5-3-11/h2-5,10,13H,6-9H2,1H3,(H,17,18)/t10-,13-/m1/s1. The van der Waals surface area contributed by atoms with Crippen LogP contribution in [0, 0.1) is 5.82 Å². The SMILES string of the molecule is C[C@@H]1CN(CCC(=O)O)C[C@H](c2ccc(F)cc2)O1. The number of halogens is 1. The van der Waals surface area contributed by atoms with Gasteiger partial charge >= 0.3 is 5.97 Å². The van der Waals surface area contributed by atoms with Crippen molar-refractivity contribution in [3.8, 4) is 0 Å². The third kappa shape index (κ3) is 4.01. The zero-order valence-corrected chi connectivity index (χ0v) is 10.9. The number of aliphatic carboxylic acids is 1. The smallest absolute Gasteiger partial charge is 0.304 e. The van der Waals surface area contributed by atoms with E-state index in [9.17, 15) is 9.18 Å². The van der Waals surface area contributed by atoms with Gasteiger partial charge in [0, 0.05) is 19.6 Å². The summed E-state index contributed by atoms with van der Waals surface area (Å²) in [6.07, 6.45) is 0.0406. The average Bonchev–Trinajstić information content (AvgIpc) is 2.36. The highest BCUT2D eigenvalue weighted by Gasteiger charge is 2.26. The Labute approximate surface area is 111 Å². The summed E-state index contributed by atoms with van der Waals surface area (Å²) in [5.41, 5.74) is 0.924. The lowest BCUT2D eigenvalue weighted by Crippen LogP contribution is -2.43. The lowest BCUT2D eigenvalue weighted by atomic mass is 10.1. The summed E-state index contributed by atoms with van der Waals surface area (Å²) in [5.74, 6) is -1.06. The van der Waals surface area contributed by atoms with Crippen LogP contribution in [-0.2, 0) is 9.53 Å². The Morgan fingerprint density at radius 1 is 1.42 bits per heavy atom. The second kappa shape index (κ2) is 6.12. The van der Waals surface area contributed by atoms with E-state index >= 15 is 0 Å². The molecule has 1 heterocycles. The molecule has 0 unspecified atom stereocenters. The lowest BCUT2D eigenvalue weighted by molar-refractivity contribution is -0.138. The van der Waals surface area contributed by atoms with Crippen molar-refractivity contribution in [1.29, 1.82) is 0 Å². The van der Waals surface area contributed by atoms with E-state index in [-0.39, 0.29) is 24.4 Å². The Kier molecular flexibility index (Phi) is 4.50. The second-order valence-electron chi connectivity index (χ2n) is 4.89. The van der Waals surface area contributed by atoms with E-state index in [1.54, 1.807) is 12.1 Å². The van der Waals surface area contributed by atoms with Gasteiger partial charge in [-0.25, -0.2) is 4.39 Å². The number of hydrogen-bond acceptors (Lipinski definition) is 3. The van der Waals surface area contributed by atoms with Crippen LogP contribution in [0.15, 0.2) is 24.3 Å². The van der Waals surface area contributed by atoms with Crippen molar-refractivity contribution in [2.45, 2.75) is 25.6 Å². The number of rotatable bonds is 4. The molecule has 1 saturated heterocycles. The molecule has 0 spiro atoms. The van der Waals surface area contributed by atoms with Crippen LogP contribution in [0.1, 0.15) is 25.0 Å². The highest BCUT2D eigenvalue weighted by molar-refractivity contribution is 5.66. The third-order valence-electron chi connectivity index (χ3n) is 3.22. The molecule has 1 aliphatic heterocycles. The first-order valence-electron chi connectivity index (χ1n) is 6.39. The molecule has 0 amide bonds. The van der Waals surface area contributed by atoms with Gasteiger partial charge in [-0.3, -0.25) is 9.69 Å². The number of nitrogens with zero attached hydrogens (tertiary/aromatic N) is 1. The van der Waals surface area contributed by atoms with Gasteiger partial charge in [-0.15, -0.1) is 0 Å². The zero-order valence-electron chi connectivity index (χ0n) is 10.9. The summed E-state index contributed by atoms with van der Waals surface area (Å²) < 4.78 is 18.7.